The molecule has 1 rings (SSSR count). The molecule has 0 aliphatic carbocycles. The molecule has 0 aliphatic rings. The second-order valence-corrected chi connectivity index (χ2v) is 5.01. The van der Waals surface area contributed by atoms with Gasteiger partial charge in [-0.1, -0.05) is 12.1 Å². The van der Waals surface area contributed by atoms with E-state index in [1.807, 2.05) is 38.1 Å². The lowest BCUT2D eigenvalue weighted by molar-refractivity contribution is 0.0336. The minimum Gasteiger partial charge on any atom is -0.508 e. The van der Waals surface area contributed by atoms with Gasteiger partial charge < -0.3 is 20.4 Å². The molecule has 0 fully saturated rings. The molecule has 17 heavy (non-hydrogen) atoms. The zero-order valence-corrected chi connectivity index (χ0v) is 10.8. The highest BCUT2D eigenvalue weighted by Gasteiger charge is 2.20. The third-order valence-corrected chi connectivity index (χ3v) is 2.40. The summed E-state index contributed by atoms with van der Waals surface area (Å²) in [6.45, 7) is 3.57. The van der Waals surface area contributed by atoms with Crippen LogP contribution < -0.4 is 5.32 Å². The molecule has 0 heterocycles. The van der Waals surface area contributed by atoms with Gasteiger partial charge in [-0.15, -0.1) is 0 Å². The van der Waals surface area contributed by atoms with Crippen molar-refractivity contribution in [2.24, 2.45) is 0 Å². The van der Waals surface area contributed by atoms with Crippen molar-refractivity contribution in [3.8, 4) is 5.75 Å². The predicted molar refractivity (Wildman–Crippen MR) is 69.0 cm³/mol. The van der Waals surface area contributed by atoms with E-state index in [-0.39, 0.29) is 5.75 Å². The second kappa shape index (κ2) is 6.00. The van der Waals surface area contributed by atoms with Crippen LogP contribution >= 0.6 is 0 Å². The summed E-state index contributed by atoms with van der Waals surface area (Å²) in [7, 11) is 3.87. The van der Waals surface area contributed by atoms with Crippen LogP contribution in [0, 0.1) is 0 Å². The normalized spacial score (nSPS) is 14.9. The van der Waals surface area contributed by atoms with Crippen LogP contribution in [0.4, 0.5) is 0 Å². The van der Waals surface area contributed by atoms with Crippen molar-refractivity contribution in [2.75, 3.05) is 27.2 Å². The maximum atomic E-state index is 10.1. The van der Waals surface area contributed by atoms with Crippen LogP contribution in [0.2, 0.25) is 0 Å². The Hall–Kier alpha value is -1.10. The Morgan fingerprint density at radius 3 is 2.65 bits per heavy atom. The van der Waals surface area contributed by atoms with Gasteiger partial charge in [0.1, 0.15) is 5.75 Å². The Morgan fingerprint density at radius 1 is 1.35 bits per heavy atom. The second-order valence-electron chi connectivity index (χ2n) is 5.01. The van der Waals surface area contributed by atoms with Gasteiger partial charge in [0.05, 0.1) is 5.60 Å². The van der Waals surface area contributed by atoms with E-state index in [9.17, 15) is 10.2 Å². The molecule has 0 spiro atoms. The number of nitrogens with one attached hydrogen (secondary N) is 1. The molecule has 4 heteroatoms. The van der Waals surface area contributed by atoms with E-state index >= 15 is 0 Å². The topological polar surface area (TPSA) is 55.7 Å². The number of nitrogens with zero attached hydrogens (tertiary/aromatic N) is 1. The molecule has 0 aromatic heterocycles. The predicted octanol–water partition coefficient (Wildman–Crippen LogP) is 0.794. The average molecular weight is 238 g/mol. The fourth-order valence-electron chi connectivity index (χ4n) is 1.88. The molecule has 0 saturated carbocycles. The number of phenolic OH excluding ortho intramolecular Hbond substituents is 1. The largest absolute Gasteiger partial charge is 0.508 e. The van der Waals surface area contributed by atoms with Crippen LogP contribution in [0.25, 0.3) is 0 Å². The van der Waals surface area contributed by atoms with E-state index < -0.39 is 5.60 Å². The van der Waals surface area contributed by atoms with Crippen LogP contribution in [0.15, 0.2) is 24.3 Å². The molecule has 1 aromatic rings. The molecule has 0 radical (unpaired) electrons. The smallest absolute Gasteiger partial charge is 0.115 e. The number of aliphatic hydroxyl groups is 1. The van der Waals surface area contributed by atoms with Gasteiger partial charge in [0.15, 0.2) is 0 Å². The highest BCUT2D eigenvalue weighted by Crippen LogP contribution is 2.11. The summed E-state index contributed by atoms with van der Waals surface area (Å²) in [5, 5.41) is 22.6. The minimum atomic E-state index is -0.750. The maximum Gasteiger partial charge on any atom is 0.115 e. The van der Waals surface area contributed by atoms with Crippen LogP contribution in [0.1, 0.15) is 12.5 Å². The number of phenols is 1. The van der Waals surface area contributed by atoms with E-state index in [4.69, 9.17) is 0 Å². The number of hydrogen-bond acceptors (Lipinski definition) is 4. The van der Waals surface area contributed by atoms with Gasteiger partial charge in [-0.25, -0.2) is 0 Å². The minimum absolute atomic E-state index is 0.268. The quantitative estimate of drug-likeness (QED) is 0.686. The number of likely N-dealkylation sites (N-methyl/N-ethyl adjacent to an activating group) is 1. The first-order chi connectivity index (χ1) is 7.89. The zero-order valence-electron chi connectivity index (χ0n) is 10.8. The van der Waals surface area contributed by atoms with Crippen molar-refractivity contribution in [3.63, 3.8) is 0 Å². The van der Waals surface area contributed by atoms with Gasteiger partial charge in [-0.05, 0) is 38.7 Å². The first-order valence-corrected chi connectivity index (χ1v) is 5.75. The molecule has 1 atom stereocenters. The van der Waals surface area contributed by atoms with Gasteiger partial charge in [-0.2, -0.15) is 0 Å². The van der Waals surface area contributed by atoms with Crippen LogP contribution in [0.3, 0.4) is 0 Å². The van der Waals surface area contributed by atoms with E-state index in [2.05, 4.69) is 5.32 Å². The molecule has 3 N–H and O–H groups in total. The molecule has 0 amide bonds. The highest BCUT2D eigenvalue weighted by molar-refractivity contribution is 5.26. The lowest BCUT2D eigenvalue weighted by Gasteiger charge is -2.27. The Balaban J connectivity index is 2.37. The van der Waals surface area contributed by atoms with Gasteiger partial charge in [0, 0.05) is 19.6 Å². The van der Waals surface area contributed by atoms with E-state index in [1.165, 1.54) is 0 Å². The Labute approximate surface area is 103 Å². The highest BCUT2D eigenvalue weighted by atomic mass is 16.3. The summed E-state index contributed by atoms with van der Waals surface area (Å²) >= 11 is 0. The molecule has 96 valence electrons. The van der Waals surface area contributed by atoms with Crippen LogP contribution in [-0.4, -0.2) is 47.9 Å². The van der Waals surface area contributed by atoms with E-state index in [0.29, 0.717) is 19.6 Å². The standard InChI is InChI=1S/C13H22N2O2/c1-13(17,10-15(2)3)9-14-8-11-5-4-6-12(16)7-11/h4-7,14,16-17H,8-10H2,1-3H3. The van der Waals surface area contributed by atoms with E-state index in [0.717, 1.165) is 5.56 Å². The molecule has 0 saturated heterocycles. The molecular formula is C13H22N2O2. The summed E-state index contributed by atoms with van der Waals surface area (Å²) in [4.78, 5) is 1.95. The van der Waals surface area contributed by atoms with Crippen molar-refractivity contribution in [3.05, 3.63) is 29.8 Å². The summed E-state index contributed by atoms with van der Waals surface area (Å²) < 4.78 is 0. The summed E-state index contributed by atoms with van der Waals surface area (Å²) in [6.07, 6.45) is 0. The third kappa shape index (κ3) is 5.68. The van der Waals surface area contributed by atoms with Crippen molar-refractivity contribution < 1.29 is 10.2 Å². The molecule has 1 unspecified atom stereocenters. The van der Waals surface area contributed by atoms with Crippen molar-refractivity contribution >= 4 is 0 Å². The molecule has 0 bridgehead atoms. The van der Waals surface area contributed by atoms with Crippen molar-refractivity contribution in [1.29, 1.82) is 0 Å². The SMILES string of the molecule is CN(C)CC(C)(O)CNCc1cccc(O)c1. The molecule has 1 aromatic carbocycles. The first kappa shape index (κ1) is 14.0. The van der Waals surface area contributed by atoms with Gasteiger partial charge in [0.25, 0.3) is 0 Å². The van der Waals surface area contributed by atoms with Crippen LogP contribution in [-0.2, 0) is 6.54 Å². The Bertz CT molecular complexity index is 351. The zero-order chi connectivity index (χ0) is 12.9. The Kier molecular flexibility index (Phi) is 4.93. The monoisotopic (exact) mass is 238 g/mol. The number of rotatable bonds is 6. The average Bonchev–Trinajstić information content (AvgIpc) is 2.15. The lowest BCUT2D eigenvalue weighted by Crippen LogP contribution is -2.45. The lowest BCUT2D eigenvalue weighted by atomic mass is 10.1. The van der Waals surface area contributed by atoms with Gasteiger partial charge in [0.2, 0.25) is 0 Å². The first-order valence-electron chi connectivity index (χ1n) is 5.75. The third-order valence-electron chi connectivity index (χ3n) is 2.40. The summed E-state index contributed by atoms with van der Waals surface area (Å²) in [5.41, 5.74) is 0.256. The van der Waals surface area contributed by atoms with Crippen LogP contribution in [0.5, 0.6) is 5.75 Å². The fourth-order valence-corrected chi connectivity index (χ4v) is 1.88. The van der Waals surface area contributed by atoms with Gasteiger partial charge in [-0.3, -0.25) is 0 Å². The number of benzene rings is 1. The van der Waals surface area contributed by atoms with E-state index in [1.54, 1.807) is 12.1 Å². The van der Waals surface area contributed by atoms with Crippen molar-refractivity contribution in [1.82, 2.24) is 10.2 Å². The summed E-state index contributed by atoms with van der Waals surface area (Å²) in [6, 6.07) is 7.11. The van der Waals surface area contributed by atoms with Gasteiger partial charge >= 0.3 is 0 Å². The number of hydrogen-bond donors (Lipinski definition) is 3. The van der Waals surface area contributed by atoms with Crippen molar-refractivity contribution in [2.45, 2.75) is 19.1 Å². The molecule has 0 aliphatic heterocycles. The Morgan fingerprint density at radius 2 is 2.06 bits per heavy atom. The summed E-state index contributed by atoms with van der Waals surface area (Å²) in [5.74, 6) is 0.268. The molecular weight excluding hydrogens is 216 g/mol. The number of aromatic hydroxyl groups is 1. The fraction of sp³-hybridized carbons (Fsp3) is 0.538. The molecule has 4 nitrogen and oxygen atoms in total. The maximum absolute atomic E-state index is 10.1.